The lowest BCUT2D eigenvalue weighted by molar-refractivity contribution is -0.114. The minimum absolute atomic E-state index is 0.106. The van der Waals surface area contributed by atoms with Crippen molar-refractivity contribution in [2.75, 3.05) is 25.2 Å². The van der Waals surface area contributed by atoms with E-state index in [1.807, 2.05) is 0 Å². The summed E-state index contributed by atoms with van der Waals surface area (Å²) in [6.07, 6.45) is 2.19. The second kappa shape index (κ2) is 8.11. The summed E-state index contributed by atoms with van der Waals surface area (Å²) in [7, 11) is -3.71. The second-order valence-electron chi connectivity index (χ2n) is 5.54. The van der Waals surface area contributed by atoms with Gasteiger partial charge in [-0.25, -0.2) is 18.1 Å². The first-order valence-electron chi connectivity index (χ1n) is 7.82. The number of sulfonamides is 1. The molecule has 1 aromatic carbocycles. The highest BCUT2D eigenvalue weighted by atomic mass is 32.2. The van der Waals surface area contributed by atoms with Crippen molar-refractivity contribution in [2.45, 2.75) is 31.6 Å². The van der Waals surface area contributed by atoms with Crippen molar-refractivity contribution in [1.29, 1.82) is 0 Å². The molecule has 0 bridgehead atoms. The number of hydrogen-bond acceptors (Lipinski definition) is 6. The van der Waals surface area contributed by atoms with E-state index >= 15 is 0 Å². The average Bonchev–Trinajstić information content (AvgIpc) is 2.54. The standard InChI is InChI=1S/C15H23N5O3S/c1-3-4-9-20-10-16-15(17-11-20)19-24(22,23)14-7-5-13(6-8-14)18-12(2)21/h5-8H,3-4,9-11H2,1-2H3,(H,18,21)(H2,16,17,19). The number of carbonyl (C=O) groups excluding carboxylic acids is 1. The third kappa shape index (κ3) is 5.20. The first-order valence-corrected chi connectivity index (χ1v) is 9.30. The summed E-state index contributed by atoms with van der Waals surface area (Å²) in [5.41, 5.74) is 0.543. The number of amides is 1. The second-order valence-corrected chi connectivity index (χ2v) is 7.22. The molecule has 0 fully saturated rings. The topological polar surface area (TPSA) is 103 Å². The molecule has 9 heteroatoms. The van der Waals surface area contributed by atoms with Crippen LogP contribution in [0.3, 0.4) is 0 Å². The molecule has 1 amide bonds. The van der Waals surface area contributed by atoms with Crippen LogP contribution in [0.2, 0.25) is 0 Å². The van der Waals surface area contributed by atoms with Crippen molar-refractivity contribution in [3.63, 3.8) is 0 Å². The van der Waals surface area contributed by atoms with E-state index in [1.165, 1.54) is 19.1 Å². The molecule has 132 valence electrons. The highest BCUT2D eigenvalue weighted by Gasteiger charge is 2.19. The Bertz CT molecular complexity index is 700. The SMILES string of the molecule is CCCCN1CN=C(NS(=O)(=O)c2ccc(NC(C)=O)cc2)NC1. The molecular formula is C15H23N5O3S. The molecule has 0 atom stereocenters. The van der Waals surface area contributed by atoms with Gasteiger partial charge in [0, 0.05) is 19.2 Å². The summed E-state index contributed by atoms with van der Waals surface area (Å²) >= 11 is 0. The van der Waals surface area contributed by atoms with E-state index in [9.17, 15) is 13.2 Å². The molecule has 1 aliphatic heterocycles. The van der Waals surface area contributed by atoms with Crippen LogP contribution in [0.15, 0.2) is 34.2 Å². The maximum Gasteiger partial charge on any atom is 0.264 e. The summed E-state index contributed by atoms with van der Waals surface area (Å²) in [5, 5.41) is 5.56. The summed E-state index contributed by atoms with van der Waals surface area (Å²) in [6, 6.07) is 5.95. The fraction of sp³-hybridized carbons (Fsp3) is 0.467. The third-order valence-corrected chi connectivity index (χ3v) is 4.80. The largest absolute Gasteiger partial charge is 0.343 e. The van der Waals surface area contributed by atoms with Gasteiger partial charge in [-0.05, 0) is 30.7 Å². The zero-order chi connectivity index (χ0) is 17.6. The van der Waals surface area contributed by atoms with Crippen LogP contribution in [-0.2, 0) is 14.8 Å². The number of guanidine groups is 1. The van der Waals surface area contributed by atoms with Gasteiger partial charge in [-0.1, -0.05) is 13.3 Å². The quantitative estimate of drug-likeness (QED) is 0.705. The lowest BCUT2D eigenvalue weighted by Gasteiger charge is -2.26. The van der Waals surface area contributed by atoms with E-state index < -0.39 is 10.0 Å². The first-order chi connectivity index (χ1) is 11.4. The van der Waals surface area contributed by atoms with Gasteiger partial charge in [-0.3, -0.25) is 9.69 Å². The fourth-order valence-corrected chi connectivity index (χ4v) is 3.17. The van der Waals surface area contributed by atoms with Gasteiger partial charge in [-0.15, -0.1) is 0 Å². The summed E-state index contributed by atoms with van der Waals surface area (Å²) in [4.78, 5) is 17.4. The summed E-state index contributed by atoms with van der Waals surface area (Å²) in [5.74, 6) is 0.0332. The predicted octanol–water partition coefficient (Wildman–Crippen LogP) is 0.900. The summed E-state index contributed by atoms with van der Waals surface area (Å²) in [6.45, 7) is 5.47. The van der Waals surface area contributed by atoms with Crippen LogP contribution < -0.4 is 15.4 Å². The predicted molar refractivity (Wildman–Crippen MR) is 93.0 cm³/mol. The monoisotopic (exact) mass is 353 g/mol. The van der Waals surface area contributed by atoms with E-state index in [-0.39, 0.29) is 16.8 Å². The Balaban J connectivity index is 1.98. The van der Waals surface area contributed by atoms with E-state index in [2.05, 4.69) is 32.2 Å². The number of benzene rings is 1. The lowest BCUT2D eigenvalue weighted by atomic mass is 10.3. The highest BCUT2D eigenvalue weighted by Crippen LogP contribution is 2.14. The average molecular weight is 353 g/mol. The molecule has 3 N–H and O–H groups in total. The zero-order valence-electron chi connectivity index (χ0n) is 13.9. The first kappa shape index (κ1) is 18.2. The van der Waals surface area contributed by atoms with Gasteiger partial charge in [0.15, 0.2) is 0 Å². The minimum Gasteiger partial charge on any atom is -0.343 e. The van der Waals surface area contributed by atoms with E-state index in [0.29, 0.717) is 19.0 Å². The Kier molecular flexibility index (Phi) is 6.16. The van der Waals surface area contributed by atoms with Gasteiger partial charge in [0.2, 0.25) is 11.9 Å². The number of hydrogen-bond donors (Lipinski definition) is 3. The number of nitrogens with one attached hydrogen (secondary N) is 3. The van der Waals surface area contributed by atoms with Gasteiger partial charge in [0.25, 0.3) is 10.0 Å². The Morgan fingerprint density at radius 3 is 2.58 bits per heavy atom. The Hall–Kier alpha value is -2.13. The molecular weight excluding hydrogens is 330 g/mol. The number of nitrogens with zero attached hydrogens (tertiary/aromatic N) is 2. The van der Waals surface area contributed by atoms with E-state index in [0.717, 1.165) is 19.4 Å². The normalized spacial score (nSPS) is 15.3. The molecule has 1 aromatic rings. The van der Waals surface area contributed by atoms with Crippen LogP contribution >= 0.6 is 0 Å². The van der Waals surface area contributed by atoms with Gasteiger partial charge in [0.05, 0.1) is 18.2 Å². The van der Waals surface area contributed by atoms with Gasteiger partial charge in [-0.2, -0.15) is 0 Å². The van der Waals surface area contributed by atoms with Crippen LogP contribution in [0.4, 0.5) is 5.69 Å². The summed E-state index contributed by atoms with van der Waals surface area (Å²) < 4.78 is 27.2. The molecule has 0 spiro atoms. The molecule has 1 heterocycles. The van der Waals surface area contributed by atoms with Crippen LogP contribution in [0, 0.1) is 0 Å². The molecule has 0 radical (unpaired) electrons. The molecule has 24 heavy (non-hydrogen) atoms. The maximum atomic E-state index is 12.4. The third-order valence-electron chi connectivity index (χ3n) is 3.44. The molecule has 0 aliphatic carbocycles. The Morgan fingerprint density at radius 1 is 1.33 bits per heavy atom. The van der Waals surface area contributed by atoms with Crippen molar-refractivity contribution in [3.05, 3.63) is 24.3 Å². The van der Waals surface area contributed by atoms with Crippen LogP contribution in [0.1, 0.15) is 26.7 Å². The number of anilines is 1. The number of aliphatic imine (C=N–C) groups is 1. The van der Waals surface area contributed by atoms with Gasteiger partial charge in [0.1, 0.15) is 0 Å². The van der Waals surface area contributed by atoms with E-state index in [1.54, 1.807) is 12.1 Å². The van der Waals surface area contributed by atoms with Crippen LogP contribution in [0.5, 0.6) is 0 Å². The smallest absolute Gasteiger partial charge is 0.264 e. The molecule has 0 aromatic heterocycles. The molecule has 0 saturated heterocycles. The van der Waals surface area contributed by atoms with Crippen molar-refractivity contribution in [1.82, 2.24) is 14.9 Å². The molecule has 2 rings (SSSR count). The van der Waals surface area contributed by atoms with Crippen molar-refractivity contribution < 1.29 is 13.2 Å². The van der Waals surface area contributed by atoms with Crippen molar-refractivity contribution >= 4 is 27.6 Å². The molecule has 0 unspecified atom stereocenters. The molecule has 0 saturated carbocycles. The molecule has 8 nitrogen and oxygen atoms in total. The fourth-order valence-electron chi connectivity index (χ4n) is 2.17. The van der Waals surface area contributed by atoms with Crippen molar-refractivity contribution in [2.24, 2.45) is 4.99 Å². The Labute approximate surface area is 142 Å². The number of rotatable bonds is 6. The molecule has 1 aliphatic rings. The highest BCUT2D eigenvalue weighted by molar-refractivity contribution is 7.90. The van der Waals surface area contributed by atoms with Crippen LogP contribution in [0.25, 0.3) is 0 Å². The lowest BCUT2D eigenvalue weighted by Crippen LogP contribution is -2.50. The number of unbranched alkanes of at least 4 members (excludes halogenated alkanes) is 1. The van der Waals surface area contributed by atoms with Crippen molar-refractivity contribution in [3.8, 4) is 0 Å². The van der Waals surface area contributed by atoms with Gasteiger partial charge >= 0.3 is 0 Å². The van der Waals surface area contributed by atoms with Gasteiger partial charge < -0.3 is 10.6 Å². The maximum absolute atomic E-state index is 12.4. The Morgan fingerprint density at radius 2 is 2.04 bits per heavy atom. The van der Waals surface area contributed by atoms with Crippen LogP contribution in [-0.4, -0.2) is 45.1 Å². The zero-order valence-corrected chi connectivity index (χ0v) is 14.7. The van der Waals surface area contributed by atoms with E-state index in [4.69, 9.17) is 0 Å². The minimum atomic E-state index is -3.71. The number of carbonyl (C=O) groups is 1.